The highest BCUT2D eigenvalue weighted by Crippen LogP contribution is 2.43. The van der Waals surface area contributed by atoms with Crippen LogP contribution in [0.4, 0.5) is 0 Å². The standard InChI is InChI=1S/C47H76NO8P/c1-3-5-7-9-11-13-15-17-19-20-21-22-23-24-26-27-29-31-33-35-37-39-46(49)53-43-45(44-55-57(51,52)54-42-41-48)56-47(50)40-38-36-34-32-30-28-25-18-16-14-12-10-8-6-4-2/h5-8,11-14,17-19,21-22,25,30,32,36,38,45H,3-4,9-10,15-16,20,23-24,26-29,31,33-35,37,39-44,48H2,1-2H3,(H,51,52)/b7-5-,8-6-,13-11-,14-12-,19-17-,22-21-,25-18-,32-30-,38-36-. The number of phosphoric ester groups is 1. The first-order chi connectivity index (χ1) is 27.8. The quantitative estimate of drug-likeness (QED) is 0.0270. The molecule has 10 heteroatoms. The van der Waals surface area contributed by atoms with Crippen molar-refractivity contribution >= 4 is 19.8 Å². The van der Waals surface area contributed by atoms with Crippen molar-refractivity contribution in [1.29, 1.82) is 0 Å². The van der Waals surface area contributed by atoms with Gasteiger partial charge in [-0.15, -0.1) is 0 Å². The van der Waals surface area contributed by atoms with Gasteiger partial charge in [0, 0.05) is 13.0 Å². The Hall–Kier alpha value is -3.33. The molecule has 0 saturated carbocycles. The van der Waals surface area contributed by atoms with Gasteiger partial charge in [-0.2, -0.15) is 0 Å². The van der Waals surface area contributed by atoms with Crippen LogP contribution in [-0.4, -0.2) is 49.3 Å². The van der Waals surface area contributed by atoms with E-state index in [1.165, 1.54) is 25.7 Å². The van der Waals surface area contributed by atoms with Crippen molar-refractivity contribution < 1.29 is 37.6 Å². The first-order valence-electron chi connectivity index (χ1n) is 21.4. The summed E-state index contributed by atoms with van der Waals surface area (Å²) >= 11 is 0. The van der Waals surface area contributed by atoms with Gasteiger partial charge in [0.2, 0.25) is 0 Å². The summed E-state index contributed by atoms with van der Waals surface area (Å²) in [6.45, 7) is 3.35. The SMILES string of the molecule is CC/C=C\C/C=C\C/C=C\C/C=C\C/C=C\CC(=O)OC(COC(=O)CCCCCCCCCC/C=C\C/C=C\C/C=C\C/C=C\CC)COP(=O)(O)OCCN. The molecule has 0 heterocycles. The van der Waals surface area contributed by atoms with Crippen LogP contribution in [0.2, 0.25) is 0 Å². The lowest BCUT2D eigenvalue weighted by Crippen LogP contribution is -2.29. The zero-order chi connectivity index (χ0) is 41.8. The normalized spacial score (nSPS) is 14.4. The minimum atomic E-state index is -4.41. The predicted molar refractivity (Wildman–Crippen MR) is 238 cm³/mol. The molecule has 0 bridgehead atoms. The largest absolute Gasteiger partial charge is 0.472 e. The van der Waals surface area contributed by atoms with Gasteiger partial charge in [0.1, 0.15) is 6.61 Å². The molecule has 9 nitrogen and oxygen atoms in total. The topological polar surface area (TPSA) is 134 Å². The highest BCUT2D eigenvalue weighted by Gasteiger charge is 2.25. The van der Waals surface area contributed by atoms with Crippen molar-refractivity contribution in [3.8, 4) is 0 Å². The molecule has 0 aliphatic heterocycles. The van der Waals surface area contributed by atoms with Gasteiger partial charge in [-0.25, -0.2) is 4.57 Å². The van der Waals surface area contributed by atoms with Crippen molar-refractivity contribution in [2.24, 2.45) is 5.73 Å². The van der Waals surface area contributed by atoms with Crippen molar-refractivity contribution in [1.82, 2.24) is 0 Å². The van der Waals surface area contributed by atoms with Crippen LogP contribution in [0.3, 0.4) is 0 Å². The summed E-state index contributed by atoms with van der Waals surface area (Å²) in [6, 6.07) is 0. The number of hydrogen-bond donors (Lipinski definition) is 2. The molecule has 0 aliphatic carbocycles. The Bertz CT molecular complexity index is 1290. The molecule has 2 atom stereocenters. The highest BCUT2D eigenvalue weighted by molar-refractivity contribution is 7.47. The number of hydrogen-bond acceptors (Lipinski definition) is 8. The Labute approximate surface area is 346 Å². The second-order valence-electron chi connectivity index (χ2n) is 13.5. The van der Waals surface area contributed by atoms with Crippen LogP contribution in [0.1, 0.15) is 142 Å². The van der Waals surface area contributed by atoms with Gasteiger partial charge < -0.3 is 20.1 Å². The third-order valence-corrected chi connectivity index (χ3v) is 9.17. The van der Waals surface area contributed by atoms with E-state index in [-0.39, 0.29) is 32.6 Å². The van der Waals surface area contributed by atoms with Gasteiger partial charge >= 0.3 is 19.8 Å². The van der Waals surface area contributed by atoms with E-state index in [2.05, 4.69) is 105 Å². The number of rotatable bonds is 38. The zero-order valence-electron chi connectivity index (χ0n) is 35.3. The first-order valence-corrected chi connectivity index (χ1v) is 22.9. The lowest BCUT2D eigenvalue weighted by atomic mass is 10.1. The summed E-state index contributed by atoms with van der Waals surface area (Å²) in [5.41, 5.74) is 5.34. The summed E-state index contributed by atoms with van der Waals surface area (Å²) in [4.78, 5) is 34.8. The summed E-state index contributed by atoms with van der Waals surface area (Å²) in [6.07, 6.45) is 55.8. The Morgan fingerprint density at radius 3 is 1.44 bits per heavy atom. The number of carbonyl (C=O) groups excluding carboxylic acids is 2. The maximum atomic E-state index is 12.5. The van der Waals surface area contributed by atoms with E-state index in [9.17, 15) is 19.0 Å². The third-order valence-electron chi connectivity index (χ3n) is 8.19. The van der Waals surface area contributed by atoms with Crippen LogP contribution < -0.4 is 5.73 Å². The summed E-state index contributed by atoms with van der Waals surface area (Å²) in [5.74, 6) is -0.997. The second kappa shape index (κ2) is 42.3. The summed E-state index contributed by atoms with van der Waals surface area (Å²) < 4.78 is 32.6. The first kappa shape index (κ1) is 53.7. The Morgan fingerprint density at radius 2 is 0.965 bits per heavy atom. The van der Waals surface area contributed by atoms with Gasteiger partial charge in [-0.1, -0.05) is 162 Å². The van der Waals surface area contributed by atoms with Gasteiger partial charge in [0.25, 0.3) is 0 Å². The minimum Gasteiger partial charge on any atom is -0.462 e. The number of ether oxygens (including phenoxy) is 2. The Kier molecular flexibility index (Phi) is 39.8. The number of carbonyl (C=O) groups is 2. The van der Waals surface area contributed by atoms with E-state index in [4.69, 9.17) is 24.3 Å². The van der Waals surface area contributed by atoms with Gasteiger partial charge in [-0.05, 0) is 77.0 Å². The van der Waals surface area contributed by atoms with Crippen LogP contribution in [0.15, 0.2) is 109 Å². The van der Waals surface area contributed by atoms with Crippen LogP contribution in [0, 0.1) is 0 Å². The van der Waals surface area contributed by atoms with Gasteiger partial charge in [0.15, 0.2) is 6.10 Å². The molecule has 0 aromatic rings. The molecule has 0 spiro atoms. The molecule has 0 aromatic heterocycles. The molecular formula is C47H76NO8P. The maximum absolute atomic E-state index is 12.5. The van der Waals surface area contributed by atoms with E-state index in [0.29, 0.717) is 12.8 Å². The van der Waals surface area contributed by atoms with Gasteiger partial charge in [0.05, 0.1) is 19.6 Å². The molecule has 0 radical (unpaired) electrons. The summed E-state index contributed by atoms with van der Waals surface area (Å²) in [7, 11) is -4.41. The molecule has 0 fully saturated rings. The Balaban J connectivity index is 4.28. The highest BCUT2D eigenvalue weighted by atomic mass is 31.2. The van der Waals surface area contributed by atoms with Crippen molar-refractivity contribution in [3.05, 3.63) is 109 Å². The number of nitrogens with two attached hydrogens (primary N) is 1. The molecule has 322 valence electrons. The van der Waals surface area contributed by atoms with Crippen LogP contribution in [-0.2, 0) is 32.7 Å². The Morgan fingerprint density at radius 1 is 0.544 bits per heavy atom. The lowest BCUT2D eigenvalue weighted by Gasteiger charge is -2.19. The van der Waals surface area contributed by atoms with E-state index >= 15 is 0 Å². The number of esters is 2. The monoisotopic (exact) mass is 814 g/mol. The summed E-state index contributed by atoms with van der Waals surface area (Å²) in [5, 5.41) is 0. The van der Waals surface area contributed by atoms with Crippen molar-refractivity contribution in [2.45, 2.75) is 148 Å². The second-order valence-corrected chi connectivity index (χ2v) is 14.9. The molecule has 0 saturated heterocycles. The number of allylic oxidation sites excluding steroid dienone is 17. The average molecular weight is 814 g/mol. The molecule has 0 rings (SSSR count). The predicted octanol–water partition coefficient (Wildman–Crippen LogP) is 12.4. The lowest BCUT2D eigenvalue weighted by molar-refractivity contribution is -0.160. The molecule has 0 aliphatic rings. The number of unbranched alkanes of at least 4 members (excludes halogenated alkanes) is 8. The minimum absolute atomic E-state index is 0.0102. The fourth-order valence-electron chi connectivity index (χ4n) is 5.11. The number of phosphoric acid groups is 1. The van der Waals surface area contributed by atoms with E-state index < -0.39 is 32.5 Å². The van der Waals surface area contributed by atoms with E-state index in [1.807, 2.05) is 12.2 Å². The van der Waals surface area contributed by atoms with E-state index in [1.54, 1.807) is 6.08 Å². The fraction of sp³-hybridized carbons (Fsp3) is 0.574. The molecule has 0 amide bonds. The molecule has 0 aromatic carbocycles. The van der Waals surface area contributed by atoms with Crippen LogP contribution in [0.25, 0.3) is 0 Å². The molecule has 2 unspecified atom stereocenters. The van der Waals surface area contributed by atoms with Crippen molar-refractivity contribution in [3.63, 3.8) is 0 Å². The molecule has 3 N–H and O–H groups in total. The fourth-order valence-corrected chi connectivity index (χ4v) is 5.88. The van der Waals surface area contributed by atoms with Gasteiger partial charge in [-0.3, -0.25) is 18.6 Å². The van der Waals surface area contributed by atoms with Crippen LogP contribution >= 0.6 is 7.82 Å². The smallest absolute Gasteiger partial charge is 0.462 e. The van der Waals surface area contributed by atoms with E-state index in [0.717, 1.165) is 77.0 Å². The molecule has 57 heavy (non-hydrogen) atoms. The zero-order valence-corrected chi connectivity index (χ0v) is 36.2. The third kappa shape index (κ3) is 42.1. The average Bonchev–Trinajstić information content (AvgIpc) is 3.20. The maximum Gasteiger partial charge on any atom is 0.472 e. The molecular weight excluding hydrogens is 737 g/mol. The van der Waals surface area contributed by atoms with Crippen molar-refractivity contribution in [2.75, 3.05) is 26.4 Å². The van der Waals surface area contributed by atoms with Crippen LogP contribution in [0.5, 0.6) is 0 Å².